The standard InChI is InChI=1S/C11H17BrN2O3S2/c1-7(2)11(15)13-4-5-14-19(16,17)9-6-8(3)10(12)18-9/h6-7,14H,4-5H2,1-3H3,(H,13,15). The van der Waals surface area contributed by atoms with Gasteiger partial charge < -0.3 is 5.32 Å². The summed E-state index contributed by atoms with van der Waals surface area (Å²) in [7, 11) is -3.49. The van der Waals surface area contributed by atoms with Crippen molar-refractivity contribution in [3.05, 3.63) is 15.4 Å². The molecular weight excluding hydrogens is 352 g/mol. The van der Waals surface area contributed by atoms with Gasteiger partial charge in [-0.25, -0.2) is 13.1 Å². The van der Waals surface area contributed by atoms with Crippen LogP contribution < -0.4 is 10.0 Å². The predicted octanol–water partition coefficient (Wildman–Crippen LogP) is 1.87. The minimum absolute atomic E-state index is 0.0890. The van der Waals surface area contributed by atoms with Crippen molar-refractivity contribution in [2.24, 2.45) is 5.92 Å². The fraction of sp³-hybridized carbons (Fsp3) is 0.545. The average Bonchev–Trinajstić information content (AvgIpc) is 2.65. The van der Waals surface area contributed by atoms with E-state index in [-0.39, 0.29) is 29.1 Å². The van der Waals surface area contributed by atoms with E-state index in [1.54, 1.807) is 19.9 Å². The molecule has 1 aromatic heterocycles. The Bertz CT molecular complexity index is 533. The van der Waals surface area contributed by atoms with Gasteiger partial charge in [0.05, 0.1) is 3.79 Å². The molecule has 0 aliphatic carbocycles. The average molecular weight is 369 g/mol. The maximum absolute atomic E-state index is 11.9. The second kappa shape index (κ2) is 6.83. The van der Waals surface area contributed by atoms with Gasteiger partial charge in [0.2, 0.25) is 15.9 Å². The summed E-state index contributed by atoms with van der Waals surface area (Å²) in [6, 6.07) is 1.61. The largest absolute Gasteiger partial charge is 0.355 e. The quantitative estimate of drug-likeness (QED) is 0.752. The maximum Gasteiger partial charge on any atom is 0.250 e. The monoisotopic (exact) mass is 368 g/mol. The lowest BCUT2D eigenvalue weighted by Crippen LogP contribution is -2.36. The molecule has 0 saturated heterocycles. The first-order chi connectivity index (χ1) is 8.74. The van der Waals surface area contributed by atoms with Crippen molar-refractivity contribution in [2.75, 3.05) is 13.1 Å². The number of aryl methyl sites for hydroxylation is 1. The van der Waals surface area contributed by atoms with E-state index in [1.807, 2.05) is 6.92 Å². The molecule has 0 aliphatic rings. The van der Waals surface area contributed by atoms with Crippen LogP contribution in [-0.2, 0) is 14.8 Å². The van der Waals surface area contributed by atoms with Crippen molar-refractivity contribution in [3.63, 3.8) is 0 Å². The van der Waals surface area contributed by atoms with Gasteiger partial charge in [0.1, 0.15) is 4.21 Å². The SMILES string of the molecule is Cc1cc(S(=O)(=O)NCCNC(=O)C(C)C)sc1Br. The van der Waals surface area contributed by atoms with Crippen LogP contribution in [0.25, 0.3) is 0 Å². The molecule has 2 N–H and O–H groups in total. The van der Waals surface area contributed by atoms with Gasteiger partial charge in [-0.2, -0.15) is 0 Å². The molecular formula is C11H17BrN2O3S2. The van der Waals surface area contributed by atoms with Crippen LogP contribution in [0.2, 0.25) is 0 Å². The number of carbonyl (C=O) groups is 1. The number of amides is 1. The Morgan fingerprint density at radius 3 is 2.53 bits per heavy atom. The zero-order valence-electron chi connectivity index (χ0n) is 11.0. The molecule has 1 rings (SSSR count). The highest BCUT2D eigenvalue weighted by atomic mass is 79.9. The van der Waals surface area contributed by atoms with Gasteiger partial charge in [0, 0.05) is 19.0 Å². The van der Waals surface area contributed by atoms with Crippen molar-refractivity contribution in [2.45, 2.75) is 25.0 Å². The molecule has 0 saturated carbocycles. The number of rotatable bonds is 6. The number of nitrogens with one attached hydrogen (secondary N) is 2. The lowest BCUT2D eigenvalue weighted by atomic mass is 10.2. The first-order valence-corrected chi connectivity index (χ1v) is 8.86. The van der Waals surface area contributed by atoms with Gasteiger partial charge in [-0.15, -0.1) is 11.3 Å². The van der Waals surface area contributed by atoms with E-state index in [9.17, 15) is 13.2 Å². The van der Waals surface area contributed by atoms with E-state index in [1.165, 1.54) is 11.3 Å². The molecule has 8 heteroatoms. The van der Waals surface area contributed by atoms with Gasteiger partial charge in [-0.3, -0.25) is 4.79 Å². The van der Waals surface area contributed by atoms with Crippen LogP contribution in [0.1, 0.15) is 19.4 Å². The van der Waals surface area contributed by atoms with E-state index < -0.39 is 10.0 Å². The fourth-order valence-electron chi connectivity index (χ4n) is 1.21. The number of hydrogen-bond acceptors (Lipinski definition) is 4. The summed E-state index contributed by atoms with van der Waals surface area (Å²) in [6.45, 7) is 5.86. The number of sulfonamides is 1. The molecule has 19 heavy (non-hydrogen) atoms. The highest BCUT2D eigenvalue weighted by Crippen LogP contribution is 2.30. The van der Waals surface area contributed by atoms with Crippen molar-refractivity contribution in [1.29, 1.82) is 0 Å². The van der Waals surface area contributed by atoms with Gasteiger partial charge in [-0.05, 0) is 34.5 Å². The molecule has 0 atom stereocenters. The van der Waals surface area contributed by atoms with E-state index >= 15 is 0 Å². The normalized spacial score (nSPS) is 11.8. The Kier molecular flexibility index (Phi) is 5.97. The zero-order chi connectivity index (χ0) is 14.6. The van der Waals surface area contributed by atoms with Crippen molar-refractivity contribution >= 4 is 43.2 Å². The molecule has 0 aliphatic heterocycles. The predicted molar refractivity (Wildman–Crippen MR) is 79.8 cm³/mol. The Morgan fingerprint density at radius 1 is 1.42 bits per heavy atom. The van der Waals surface area contributed by atoms with Crippen molar-refractivity contribution in [1.82, 2.24) is 10.0 Å². The second-order valence-corrected chi connectivity index (χ2v) is 8.73. The van der Waals surface area contributed by atoms with Crippen LogP contribution in [0.4, 0.5) is 0 Å². The minimum atomic E-state index is -3.49. The zero-order valence-corrected chi connectivity index (χ0v) is 14.2. The Morgan fingerprint density at radius 2 is 2.05 bits per heavy atom. The van der Waals surface area contributed by atoms with E-state index in [2.05, 4.69) is 26.0 Å². The van der Waals surface area contributed by atoms with E-state index in [0.717, 1.165) is 9.35 Å². The molecule has 0 radical (unpaired) electrons. The molecule has 0 aromatic carbocycles. The van der Waals surface area contributed by atoms with Crippen LogP contribution in [-0.4, -0.2) is 27.4 Å². The fourth-order valence-corrected chi connectivity index (χ4v) is 4.51. The Labute approximate surface area is 126 Å². The van der Waals surface area contributed by atoms with Crippen LogP contribution >= 0.6 is 27.3 Å². The van der Waals surface area contributed by atoms with Gasteiger partial charge in [-0.1, -0.05) is 13.8 Å². The first kappa shape index (κ1) is 16.6. The van der Waals surface area contributed by atoms with Gasteiger partial charge >= 0.3 is 0 Å². The van der Waals surface area contributed by atoms with E-state index in [4.69, 9.17) is 0 Å². The third kappa shape index (κ3) is 4.87. The number of hydrogen-bond donors (Lipinski definition) is 2. The summed E-state index contributed by atoms with van der Waals surface area (Å²) in [6.07, 6.45) is 0. The highest BCUT2D eigenvalue weighted by Gasteiger charge is 2.17. The topological polar surface area (TPSA) is 75.3 Å². The summed E-state index contributed by atoms with van der Waals surface area (Å²) in [4.78, 5) is 11.3. The van der Waals surface area contributed by atoms with Crippen LogP contribution in [0.5, 0.6) is 0 Å². The van der Waals surface area contributed by atoms with E-state index in [0.29, 0.717) is 0 Å². The Hall–Kier alpha value is -0.440. The number of halogens is 1. The summed E-state index contributed by atoms with van der Waals surface area (Å²) in [5, 5.41) is 2.65. The maximum atomic E-state index is 11.9. The summed E-state index contributed by atoms with van der Waals surface area (Å²) < 4.78 is 27.4. The molecule has 0 bridgehead atoms. The second-order valence-electron chi connectivity index (χ2n) is 4.37. The summed E-state index contributed by atoms with van der Waals surface area (Å²) >= 11 is 4.46. The molecule has 0 spiro atoms. The molecule has 5 nitrogen and oxygen atoms in total. The molecule has 0 unspecified atom stereocenters. The summed E-state index contributed by atoms with van der Waals surface area (Å²) in [5.74, 6) is -0.193. The third-order valence-corrected chi connectivity index (χ3v) is 6.41. The van der Waals surface area contributed by atoms with Gasteiger partial charge in [0.25, 0.3) is 0 Å². The van der Waals surface area contributed by atoms with Crippen LogP contribution in [0.3, 0.4) is 0 Å². The minimum Gasteiger partial charge on any atom is -0.355 e. The molecule has 1 amide bonds. The Balaban J connectivity index is 2.50. The first-order valence-electron chi connectivity index (χ1n) is 5.77. The highest BCUT2D eigenvalue weighted by molar-refractivity contribution is 9.11. The van der Waals surface area contributed by atoms with Crippen molar-refractivity contribution in [3.8, 4) is 0 Å². The molecule has 1 heterocycles. The van der Waals surface area contributed by atoms with Crippen LogP contribution in [0.15, 0.2) is 14.1 Å². The molecule has 1 aromatic rings. The molecule has 0 fully saturated rings. The lowest BCUT2D eigenvalue weighted by molar-refractivity contribution is -0.123. The van der Waals surface area contributed by atoms with Crippen molar-refractivity contribution < 1.29 is 13.2 Å². The van der Waals surface area contributed by atoms with Gasteiger partial charge in [0.15, 0.2) is 0 Å². The third-order valence-electron chi connectivity index (χ3n) is 2.34. The lowest BCUT2D eigenvalue weighted by Gasteiger charge is -2.08. The van der Waals surface area contributed by atoms with Crippen LogP contribution in [0, 0.1) is 12.8 Å². The number of carbonyl (C=O) groups excluding carboxylic acids is 1. The summed E-state index contributed by atoms with van der Waals surface area (Å²) in [5.41, 5.74) is 0.887. The smallest absolute Gasteiger partial charge is 0.250 e. The molecule has 108 valence electrons. The number of thiophene rings is 1.